The van der Waals surface area contributed by atoms with Gasteiger partial charge in [0.1, 0.15) is 5.75 Å². The molecule has 0 aliphatic carbocycles. The minimum Gasteiger partial charge on any atom is -0.484 e. The van der Waals surface area contributed by atoms with Gasteiger partial charge in [0.05, 0.1) is 0 Å². The van der Waals surface area contributed by atoms with Crippen LogP contribution < -0.4 is 10.1 Å². The predicted molar refractivity (Wildman–Crippen MR) is 106 cm³/mol. The third kappa shape index (κ3) is 5.28. The maximum absolute atomic E-state index is 12.3. The molecule has 0 spiro atoms. The SMILES string of the molecule is CC(=O)c1ccc(OCC(=O)Nc2ccccc2Cc2ccccc2)cc1. The average molecular weight is 359 g/mol. The molecule has 0 fully saturated rings. The molecule has 0 radical (unpaired) electrons. The monoisotopic (exact) mass is 359 g/mol. The van der Waals surface area contributed by atoms with Crippen molar-refractivity contribution < 1.29 is 14.3 Å². The summed E-state index contributed by atoms with van der Waals surface area (Å²) in [6, 6.07) is 24.6. The van der Waals surface area contributed by atoms with Crippen LogP contribution in [-0.4, -0.2) is 18.3 Å². The summed E-state index contributed by atoms with van der Waals surface area (Å²) in [5, 5.41) is 2.91. The van der Waals surface area contributed by atoms with Crippen LogP contribution in [0, 0.1) is 0 Å². The Labute approximate surface area is 158 Å². The van der Waals surface area contributed by atoms with Crippen molar-refractivity contribution >= 4 is 17.4 Å². The zero-order valence-electron chi connectivity index (χ0n) is 15.1. The van der Waals surface area contributed by atoms with Crippen LogP contribution in [0.25, 0.3) is 0 Å². The Morgan fingerprint density at radius 1 is 0.852 bits per heavy atom. The van der Waals surface area contributed by atoms with Crippen molar-refractivity contribution in [3.63, 3.8) is 0 Å². The maximum atomic E-state index is 12.3. The highest BCUT2D eigenvalue weighted by atomic mass is 16.5. The van der Waals surface area contributed by atoms with Gasteiger partial charge in [-0.3, -0.25) is 9.59 Å². The Hall–Kier alpha value is -3.40. The summed E-state index contributed by atoms with van der Waals surface area (Å²) in [6.45, 7) is 1.41. The summed E-state index contributed by atoms with van der Waals surface area (Å²) < 4.78 is 5.51. The van der Waals surface area contributed by atoms with Crippen molar-refractivity contribution in [2.24, 2.45) is 0 Å². The number of ketones is 1. The number of benzene rings is 3. The third-order valence-corrected chi connectivity index (χ3v) is 4.16. The van der Waals surface area contributed by atoms with Crippen LogP contribution in [0.1, 0.15) is 28.4 Å². The minimum absolute atomic E-state index is 0.00526. The molecule has 0 aromatic heterocycles. The van der Waals surface area contributed by atoms with Gasteiger partial charge in [0.25, 0.3) is 5.91 Å². The summed E-state index contributed by atoms with van der Waals surface area (Å²) >= 11 is 0. The molecule has 0 unspecified atom stereocenters. The molecule has 136 valence electrons. The Bertz CT molecular complexity index is 918. The van der Waals surface area contributed by atoms with E-state index in [4.69, 9.17) is 4.74 Å². The second kappa shape index (κ2) is 8.81. The van der Waals surface area contributed by atoms with E-state index >= 15 is 0 Å². The molecule has 0 saturated heterocycles. The number of carbonyl (C=O) groups is 2. The van der Waals surface area contributed by atoms with E-state index in [0.717, 1.165) is 17.7 Å². The Kier molecular flexibility index (Phi) is 6.00. The van der Waals surface area contributed by atoms with E-state index in [1.165, 1.54) is 12.5 Å². The van der Waals surface area contributed by atoms with Gasteiger partial charge in [-0.2, -0.15) is 0 Å². The molecule has 0 aliphatic rings. The highest BCUT2D eigenvalue weighted by molar-refractivity contribution is 5.94. The van der Waals surface area contributed by atoms with E-state index in [0.29, 0.717) is 11.3 Å². The van der Waals surface area contributed by atoms with Crippen molar-refractivity contribution in [3.8, 4) is 5.75 Å². The number of anilines is 1. The highest BCUT2D eigenvalue weighted by Gasteiger charge is 2.08. The van der Waals surface area contributed by atoms with Gasteiger partial charge in [-0.25, -0.2) is 0 Å². The molecule has 0 saturated carbocycles. The molecule has 1 amide bonds. The highest BCUT2D eigenvalue weighted by Crippen LogP contribution is 2.19. The van der Waals surface area contributed by atoms with E-state index in [1.807, 2.05) is 42.5 Å². The number of carbonyl (C=O) groups excluding carboxylic acids is 2. The van der Waals surface area contributed by atoms with Crippen molar-refractivity contribution in [2.75, 3.05) is 11.9 Å². The first-order valence-electron chi connectivity index (χ1n) is 8.77. The van der Waals surface area contributed by atoms with Crippen molar-refractivity contribution in [2.45, 2.75) is 13.3 Å². The van der Waals surface area contributed by atoms with E-state index in [-0.39, 0.29) is 18.3 Å². The number of rotatable bonds is 7. The molecule has 27 heavy (non-hydrogen) atoms. The van der Waals surface area contributed by atoms with Crippen LogP contribution in [0.15, 0.2) is 78.9 Å². The molecular formula is C23H21NO3. The topological polar surface area (TPSA) is 55.4 Å². The standard InChI is InChI=1S/C23H21NO3/c1-17(25)19-11-13-21(14-12-19)27-16-23(26)24-22-10-6-5-9-20(22)15-18-7-3-2-4-8-18/h2-14H,15-16H2,1H3,(H,24,26). The molecule has 0 aliphatic heterocycles. The van der Waals surface area contributed by atoms with E-state index < -0.39 is 0 Å². The average Bonchev–Trinajstić information content (AvgIpc) is 2.69. The Morgan fingerprint density at radius 3 is 2.22 bits per heavy atom. The van der Waals surface area contributed by atoms with Gasteiger partial charge in [0, 0.05) is 11.3 Å². The number of amides is 1. The fourth-order valence-corrected chi connectivity index (χ4v) is 2.73. The second-order valence-corrected chi connectivity index (χ2v) is 6.24. The smallest absolute Gasteiger partial charge is 0.262 e. The first-order chi connectivity index (χ1) is 13.1. The lowest BCUT2D eigenvalue weighted by Gasteiger charge is -2.12. The van der Waals surface area contributed by atoms with Crippen LogP contribution in [-0.2, 0) is 11.2 Å². The molecule has 4 heteroatoms. The van der Waals surface area contributed by atoms with Crippen LogP contribution >= 0.6 is 0 Å². The van der Waals surface area contributed by atoms with Gasteiger partial charge in [-0.15, -0.1) is 0 Å². The van der Waals surface area contributed by atoms with Crippen LogP contribution in [0.3, 0.4) is 0 Å². The number of nitrogens with one attached hydrogen (secondary N) is 1. The van der Waals surface area contributed by atoms with E-state index in [1.54, 1.807) is 24.3 Å². The predicted octanol–water partition coefficient (Wildman–Crippen LogP) is 4.50. The van der Waals surface area contributed by atoms with Crippen molar-refractivity contribution in [3.05, 3.63) is 95.6 Å². The third-order valence-electron chi connectivity index (χ3n) is 4.16. The summed E-state index contributed by atoms with van der Waals surface area (Å²) in [6.07, 6.45) is 0.741. The Morgan fingerprint density at radius 2 is 1.52 bits per heavy atom. The lowest BCUT2D eigenvalue weighted by Crippen LogP contribution is -2.21. The first kappa shape index (κ1) is 18.4. The van der Waals surface area contributed by atoms with Crippen LogP contribution in [0.5, 0.6) is 5.75 Å². The summed E-state index contributed by atoms with van der Waals surface area (Å²) in [5.74, 6) is 0.313. The zero-order chi connectivity index (χ0) is 19.1. The molecule has 3 aromatic carbocycles. The summed E-state index contributed by atoms with van der Waals surface area (Å²) in [4.78, 5) is 23.6. The molecule has 0 bridgehead atoms. The van der Waals surface area contributed by atoms with Gasteiger partial charge in [-0.1, -0.05) is 48.5 Å². The molecule has 4 nitrogen and oxygen atoms in total. The molecule has 3 rings (SSSR count). The minimum atomic E-state index is -0.230. The summed E-state index contributed by atoms with van der Waals surface area (Å²) in [7, 11) is 0. The number of ether oxygens (including phenoxy) is 1. The first-order valence-corrected chi connectivity index (χ1v) is 8.77. The molecule has 0 atom stereocenters. The number of para-hydroxylation sites is 1. The quantitative estimate of drug-likeness (QED) is 0.632. The fourth-order valence-electron chi connectivity index (χ4n) is 2.73. The number of Topliss-reactive ketones (excluding diaryl/α,β-unsaturated/α-hetero) is 1. The maximum Gasteiger partial charge on any atom is 0.262 e. The van der Waals surface area contributed by atoms with Gasteiger partial charge >= 0.3 is 0 Å². The van der Waals surface area contributed by atoms with Crippen LogP contribution in [0.2, 0.25) is 0 Å². The van der Waals surface area contributed by atoms with E-state index in [2.05, 4.69) is 17.4 Å². The lowest BCUT2D eigenvalue weighted by atomic mass is 10.0. The molecule has 0 heterocycles. The van der Waals surface area contributed by atoms with Crippen molar-refractivity contribution in [1.29, 1.82) is 0 Å². The van der Waals surface area contributed by atoms with Gasteiger partial charge < -0.3 is 10.1 Å². The van der Waals surface area contributed by atoms with Gasteiger partial charge in [-0.05, 0) is 54.8 Å². The Balaban J connectivity index is 1.60. The molecular weight excluding hydrogens is 338 g/mol. The van der Waals surface area contributed by atoms with Crippen molar-refractivity contribution in [1.82, 2.24) is 0 Å². The zero-order valence-corrected chi connectivity index (χ0v) is 15.1. The molecule has 3 aromatic rings. The normalized spacial score (nSPS) is 10.3. The molecule has 1 N–H and O–H groups in total. The lowest BCUT2D eigenvalue weighted by molar-refractivity contribution is -0.118. The summed E-state index contributed by atoms with van der Waals surface area (Å²) in [5.41, 5.74) is 3.62. The number of hydrogen-bond donors (Lipinski definition) is 1. The van der Waals surface area contributed by atoms with Gasteiger partial charge in [0.2, 0.25) is 0 Å². The van der Waals surface area contributed by atoms with Crippen LogP contribution in [0.4, 0.5) is 5.69 Å². The van der Waals surface area contributed by atoms with Gasteiger partial charge in [0.15, 0.2) is 12.4 Å². The largest absolute Gasteiger partial charge is 0.484 e. The van der Waals surface area contributed by atoms with E-state index in [9.17, 15) is 9.59 Å². The fraction of sp³-hybridized carbons (Fsp3) is 0.130. The second-order valence-electron chi connectivity index (χ2n) is 6.24. The number of hydrogen-bond acceptors (Lipinski definition) is 3.